The standard InChI is InChI=1S/C13H18N2O6S/c1-3-4-5-11(13(16)17)14-22(20,21)10-7-6-9(2)12(8-10)15(18)19/h6-8,11,14H,3-5H2,1-2H3,(H,16,17)/t11-/m0/s1. The number of nitro groups is 1. The fourth-order valence-corrected chi connectivity index (χ4v) is 3.09. The Labute approximate surface area is 128 Å². The van der Waals surface area contributed by atoms with Crippen LogP contribution in [0.25, 0.3) is 0 Å². The number of benzene rings is 1. The maximum atomic E-state index is 12.2. The van der Waals surface area contributed by atoms with Crippen LogP contribution in [0.2, 0.25) is 0 Å². The van der Waals surface area contributed by atoms with Crippen LogP contribution in [0, 0.1) is 17.0 Å². The van der Waals surface area contributed by atoms with Gasteiger partial charge in [-0.05, 0) is 19.4 Å². The predicted molar refractivity (Wildman–Crippen MR) is 79.1 cm³/mol. The van der Waals surface area contributed by atoms with E-state index in [1.54, 1.807) is 0 Å². The zero-order chi connectivity index (χ0) is 16.9. The molecule has 2 N–H and O–H groups in total. The number of carboxylic acids is 1. The van der Waals surface area contributed by atoms with Gasteiger partial charge in [0.1, 0.15) is 6.04 Å². The second-order valence-corrected chi connectivity index (χ2v) is 6.57. The molecule has 8 nitrogen and oxygen atoms in total. The minimum Gasteiger partial charge on any atom is -0.480 e. The highest BCUT2D eigenvalue weighted by molar-refractivity contribution is 7.89. The van der Waals surface area contributed by atoms with Crippen molar-refractivity contribution >= 4 is 21.7 Å². The number of nitrogens with zero attached hydrogens (tertiary/aromatic N) is 1. The second kappa shape index (κ2) is 7.32. The average molecular weight is 330 g/mol. The summed E-state index contributed by atoms with van der Waals surface area (Å²) in [6.07, 6.45) is 1.42. The number of aryl methyl sites for hydroxylation is 1. The summed E-state index contributed by atoms with van der Waals surface area (Å²) in [5, 5.41) is 19.9. The van der Waals surface area contributed by atoms with Crippen molar-refractivity contribution in [3.8, 4) is 0 Å². The molecule has 1 aromatic rings. The first-order chi connectivity index (χ1) is 10.2. The molecule has 0 aliphatic rings. The molecule has 0 aliphatic heterocycles. The Morgan fingerprint density at radius 1 is 1.45 bits per heavy atom. The number of hydrogen-bond acceptors (Lipinski definition) is 5. The van der Waals surface area contributed by atoms with Crippen LogP contribution in [0.15, 0.2) is 23.1 Å². The van der Waals surface area contributed by atoms with Crippen LogP contribution in [0.3, 0.4) is 0 Å². The van der Waals surface area contributed by atoms with Crippen LogP contribution in [-0.4, -0.2) is 30.5 Å². The van der Waals surface area contributed by atoms with Crippen LogP contribution in [0.1, 0.15) is 31.7 Å². The first-order valence-electron chi connectivity index (χ1n) is 6.69. The number of sulfonamides is 1. The monoisotopic (exact) mass is 330 g/mol. The molecule has 122 valence electrons. The Hall–Kier alpha value is -2.00. The number of unbranched alkanes of at least 4 members (excludes halogenated alkanes) is 1. The minimum absolute atomic E-state index is 0.152. The van der Waals surface area contributed by atoms with E-state index in [1.165, 1.54) is 19.1 Å². The summed E-state index contributed by atoms with van der Waals surface area (Å²) >= 11 is 0. The molecule has 0 saturated carbocycles. The lowest BCUT2D eigenvalue weighted by atomic mass is 10.1. The van der Waals surface area contributed by atoms with Gasteiger partial charge in [-0.3, -0.25) is 14.9 Å². The Morgan fingerprint density at radius 2 is 2.09 bits per heavy atom. The Kier molecular flexibility index (Phi) is 6.01. The van der Waals surface area contributed by atoms with Crippen molar-refractivity contribution in [3.63, 3.8) is 0 Å². The van der Waals surface area contributed by atoms with E-state index in [0.29, 0.717) is 12.0 Å². The highest BCUT2D eigenvalue weighted by Gasteiger charge is 2.26. The van der Waals surface area contributed by atoms with Gasteiger partial charge in [-0.2, -0.15) is 4.72 Å². The highest BCUT2D eigenvalue weighted by atomic mass is 32.2. The van der Waals surface area contributed by atoms with E-state index in [1.807, 2.05) is 6.92 Å². The Morgan fingerprint density at radius 3 is 2.59 bits per heavy atom. The molecule has 1 atom stereocenters. The van der Waals surface area contributed by atoms with Crippen molar-refractivity contribution in [2.24, 2.45) is 0 Å². The van der Waals surface area contributed by atoms with Gasteiger partial charge in [0.2, 0.25) is 10.0 Å². The summed E-state index contributed by atoms with van der Waals surface area (Å²) in [4.78, 5) is 21.0. The van der Waals surface area contributed by atoms with Crippen LogP contribution in [-0.2, 0) is 14.8 Å². The number of hydrogen-bond donors (Lipinski definition) is 2. The molecule has 0 radical (unpaired) electrons. The van der Waals surface area contributed by atoms with E-state index < -0.39 is 27.0 Å². The normalized spacial score (nSPS) is 12.8. The Balaban J connectivity index is 3.10. The van der Waals surface area contributed by atoms with Crippen molar-refractivity contribution in [1.29, 1.82) is 0 Å². The number of aliphatic carboxylic acids is 1. The third-order valence-electron chi connectivity index (χ3n) is 3.13. The van der Waals surface area contributed by atoms with Gasteiger partial charge in [0, 0.05) is 11.6 Å². The molecule has 0 aliphatic carbocycles. The smallest absolute Gasteiger partial charge is 0.321 e. The number of nitrogens with one attached hydrogen (secondary N) is 1. The van der Waals surface area contributed by atoms with Gasteiger partial charge in [0.05, 0.1) is 9.82 Å². The number of nitro benzene ring substituents is 1. The maximum Gasteiger partial charge on any atom is 0.321 e. The summed E-state index contributed by atoms with van der Waals surface area (Å²) in [7, 11) is -4.14. The molecule has 0 bridgehead atoms. The highest BCUT2D eigenvalue weighted by Crippen LogP contribution is 2.22. The topological polar surface area (TPSA) is 127 Å². The lowest BCUT2D eigenvalue weighted by molar-refractivity contribution is -0.385. The van der Waals surface area contributed by atoms with Gasteiger partial charge < -0.3 is 5.11 Å². The number of rotatable bonds is 8. The molecule has 1 aromatic carbocycles. The predicted octanol–water partition coefficient (Wildman–Crippen LogP) is 1.82. The molecule has 1 rings (SSSR count). The quantitative estimate of drug-likeness (QED) is 0.553. The zero-order valence-corrected chi connectivity index (χ0v) is 13.1. The van der Waals surface area contributed by atoms with E-state index in [2.05, 4.69) is 4.72 Å². The largest absolute Gasteiger partial charge is 0.480 e. The molecule has 22 heavy (non-hydrogen) atoms. The molecule has 0 aromatic heterocycles. The first-order valence-corrected chi connectivity index (χ1v) is 8.17. The van der Waals surface area contributed by atoms with Gasteiger partial charge in [0.25, 0.3) is 5.69 Å². The van der Waals surface area contributed by atoms with E-state index in [-0.39, 0.29) is 17.0 Å². The number of carbonyl (C=O) groups is 1. The summed E-state index contributed by atoms with van der Waals surface area (Å²) in [6.45, 7) is 3.35. The molecule has 0 amide bonds. The molecule has 0 spiro atoms. The van der Waals surface area contributed by atoms with E-state index >= 15 is 0 Å². The average Bonchev–Trinajstić information content (AvgIpc) is 2.43. The number of carboxylic acid groups (broad SMARTS) is 1. The SMILES string of the molecule is CCCC[C@H](NS(=O)(=O)c1ccc(C)c([N+](=O)[O-])c1)C(=O)O. The van der Waals surface area contributed by atoms with Gasteiger partial charge in [-0.25, -0.2) is 8.42 Å². The van der Waals surface area contributed by atoms with Gasteiger partial charge in [0.15, 0.2) is 0 Å². The van der Waals surface area contributed by atoms with Gasteiger partial charge in [-0.1, -0.05) is 25.8 Å². The Bertz CT molecular complexity index is 671. The maximum absolute atomic E-state index is 12.2. The van der Waals surface area contributed by atoms with Crippen LogP contribution >= 0.6 is 0 Å². The van der Waals surface area contributed by atoms with E-state index in [4.69, 9.17) is 5.11 Å². The molecular weight excluding hydrogens is 312 g/mol. The third-order valence-corrected chi connectivity index (χ3v) is 4.60. The summed E-state index contributed by atoms with van der Waals surface area (Å²) in [5.41, 5.74) is -0.00646. The second-order valence-electron chi connectivity index (χ2n) is 4.86. The van der Waals surface area contributed by atoms with E-state index in [9.17, 15) is 23.3 Å². The van der Waals surface area contributed by atoms with E-state index in [0.717, 1.165) is 12.5 Å². The molecule has 0 saturated heterocycles. The van der Waals surface area contributed by atoms with Gasteiger partial charge >= 0.3 is 5.97 Å². The fraction of sp³-hybridized carbons (Fsp3) is 0.462. The van der Waals surface area contributed by atoms with Crippen LogP contribution in [0.5, 0.6) is 0 Å². The van der Waals surface area contributed by atoms with Crippen molar-refractivity contribution < 1.29 is 23.2 Å². The van der Waals surface area contributed by atoms with Crippen molar-refractivity contribution in [2.45, 2.75) is 44.0 Å². The lowest BCUT2D eigenvalue weighted by Crippen LogP contribution is -2.40. The first kappa shape index (κ1) is 18.1. The summed E-state index contributed by atoms with van der Waals surface area (Å²) in [6, 6.07) is 2.19. The van der Waals surface area contributed by atoms with Crippen LogP contribution in [0.4, 0.5) is 5.69 Å². The summed E-state index contributed by atoms with van der Waals surface area (Å²) < 4.78 is 26.5. The van der Waals surface area contributed by atoms with Crippen molar-refractivity contribution in [2.75, 3.05) is 0 Å². The molecule has 0 fully saturated rings. The van der Waals surface area contributed by atoms with Crippen molar-refractivity contribution in [3.05, 3.63) is 33.9 Å². The third kappa shape index (κ3) is 4.50. The molecule has 9 heteroatoms. The molecule has 0 heterocycles. The zero-order valence-electron chi connectivity index (χ0n) is 12.3. The fourth-order valence-electron chi connectivity index (χ4n) is 1.85. The van der Waals surface area contributed by atoms with Crippen molar-refractivity contribution in [1.82, 2.24) is 4.72 Å². The lowest BCUT2D eigenvalue weighted by Gasteiger charge is -2.14. The minimum atomic E-state index is -4.14. The summed E-state index contributed by atoms with van der Waals surface area (Å²) in [5.74, 6) is -1.28. The van der Waals surface area contributed by atoms with Crippen LogP contribution < -0.4 is 4.72 Å². The molecular formula is C13H18N2O6S. The molecule has 0 unspecified atom stereocenters. The van der Waals surface area contributed by atoms with Gasteiger partial charge in [-0.15, -0.1) is 0 Å².